The van der Waals surface area contributed by atoms with Gasteiger partial charge in [-0.1, -0.05) is 0 Å². The van der Waals surface area contributed by atoms with Crippen LogP contribution >= 0.6 is 0 Å². The first kappa shape index (κ1) is 15.9. The lowest BCUT2D eigenvalue weighted by molar-refractivity contribution is -0.139. The fourth-order valence-electron chi connectivity index (χ4n) is 3.16. The summed E-state index contributed by atoms with van der Waals surface area (Å²) in [5.41, 5.74) is -0.712. The predicted molar refractivity (Wildman–Crippen MR) is 75.8 cm³/mol. The number of hydrogen-bond donors (Lipinski definition) is 2. The fourth-order valence-corrected chi connectivity index (χ4v) is 3.16. The number of nitrogens with one attached hydrogen (secondary N) is 1. The second-order valence-electron chi connectivity index (χ2n) is 6.26. The van der Waals surface area contributed by atoms with Crippen LogP contribution in [-0.2, 0) is 14.3 Å². The molecule has 23 heavy (non-hydrogen) atoms. The van der Waals surface area contributed by atoms with E-state index in [-0.39, 0.29) is 30.4 Å². The van der Waals surface area contributed by atoms with E-state index in [1.54, 1.807) is 0 Å². The van der Waals surface area contributed by atoms with Gasteiger partial charge in [-0.2, -0.15) is 0 Å². The Hall–Kier alpha value is -2.02. The highest BCUT2D eigenvalue weighted by Crippen LogP contribution is 2.49. The van der Waals surface area contributed by atoms with Crippen molar-refractivity contribution in [3.8, 4) is 0 Å². The number of ether oxygens (including phenoxy) is 1. The Labute approximate surface area is 131 Å². The van der Waals surface area contributed by atoms with E-state index in [1.165, 1.54) is 0 Å². The normalized spacial score (nSPS) is 29.3. The molecule has 0 spiro atoms. The third-order valence-corrected chi connectivity index (χ3v) is 4.47. The van der Waals surface area contributed by atoms with Crippen LogP contribution in [0.15, 0.2) is 18.2 Å². The molecule has 3 atom stereocenters. The average molecular weight is 325 g/mol. The van der Waals surface area contributed by atoms with Gasteiger partial charge in [0.05, 0.1) is 18.6 Å². The van der Waals surface area contributed by atoms with Crippen LogP contribution in [0.3, 0.4) is 0 Å². The van der Waals surface area contributed by atoms with Gasteiger partial charge in [-0.15, -0.1) is 0 Å². The van der Waals surface area contributed by atoms with Crippen LogP contribution < -0.4 is 5.32 Å². The molecule has 3 unspecified atom stereocenters. The molecular formula is C16H17F2NO4. The molecule has 0 bridgehead atoms. The van der Waals surface area contributed by atoms with Crippen LogP contribution in [0, 0.1) is 17.6 Å². The topological polar surface area (TPSA) is 75.6 Å². The summed E-state index contributed by atoms with van der Waals surface area (Å²) < 4.78 is 32.2. The van der Waals surface area contributed by atoms with Crippen LogP contribution in [0.25, 0.3) is 0 Å². The molecule has 1 aliphatic heterocycles. The van der Waals surface area contributed by atoms with Gasteiger partial charge in [0.1, 0.15) is 11.6 Å². The number of carbonyl (C=O) groups is 2. The molecule has 0 aromatic heterocycles. The summed E-state index contributed by atoms with van der Waals surface area (Å²) in [6, 6.07) is 3.20. The van der Waals surface area contributed by atoms with Gasteiger partial charge in [0, 0.05) is 12.5 Å². The van der Waals surface area contributed by atoms with E-state index in [1.807, 2.05) is 0 Å². The molecule has 1 amide bonds. The van der Waals surface area contributed by atoms with E-state index in [4.69, 9.17) is 9.84 Å². The number of hydrogen-bond acceptors (Lipinski definition) is 3. The van der Waals surface area contributed by atoms with Crippen molar-refractivity contribution < 1.29 is 28.2 Å². The van der Waals surface area contributed by atoms with Crippen molar-refractivity contribution in [1.82, 2.24) is 5.32 Å². The number of benzene rings is 1. The highest BCUT2D eigenvalue weighted by atomic mass is 19.1. The lowest BCUT2D eigenvalue weighted by Crippen LogP contribution is -2.51. The number of carboxylic acid groups (broad SMARTS) is 1. The molecule has 3 rings (SSSR count). The first-order chi connectivity index (χ1) is 10.9. The molecule has 2 N–H and O–H groups in total. The Bertz CT molecular complexity index is 643. The highest BCUT2D eigenvalue weighted by Gasteiger charge is 2.48. The molecule has 1 heterocycles. The number of amides is 1. The number of carbonyl (C=O) groups excluding carboxylic acids is 1. The van der Waals surface area contributed by atoms with E-state index >= 15 is 0 Å². The molecule has 1 saturated heterocycles. The Kier molecular flexibility index (Phi) is 4.06. The first-order valence-corrected chi connectivity index (χ1v) is 7.47. The molecule has 5 nitrogen and oxygen atoms in total. The molecule has 2 aliphatic rings. The summed E-state index contributed by atoms with van der Waals surface area (Å²) in [5.74, 6) is -3.24. The van der Waals surface area contributed by atoms with E-state index in [2.05, 4.69) is 5.32 Å². The summed E-state index contributed by atoms with van der Waals surface area (Å²) in [7, 11) is 0. The molecule has 0 radical (unpaired) electrons. The van der Waals surface area contributed by atoms with Crippen LogP contribution in [0.4, 0.5) is 8.78 Å². The zero-order valence-electron chi connectivity index (χ0n) is 12.4. The summed E-state index contributed by atoms with van der Waals surface area (Å²) in [4.78, 5) is 23.3. The Morgan fingerprint density at radius 1 is 1.39 bits per heavy atom. The smallest absolute Gasteiger partial charge is 0.305 e. The van der Waals surface area contributed by atoms with E-state index in [0.29, 0.717) is 19.4 Å². The van der Waals surface area contributed by atoms with Crippen molar-refractivity contribution in [2.24, 2.45) is 5.92 Å². The van der Waals surface area contributed by atoms with Gasteiger partial charge in [0.15, 0.2) is 0 Å². The van der Waals surface area contributed by atoms with Gasteiger partial charge in [-0.05, 0) is 42.5 Å². The van der Waals surface area contributed by atoms with Gasteiger partial charge >= 0.3 is 5.97 Å². The number of carboxylic acids is 1. The zero-order chi connectivity index (χ0) is 16.6. The van der Waals surface area contributed by atoms with Crippen molar-refractivity contribution in [1.29, 1.82) is 0 Å². The average Bonchev–Trinajstić information content (AvgIpc) is 3.15. The molecule has 124 valence electrons. The van der Waals surface area contributed by atoms with Crippen LogP contribution in [-0.4, -0.2) is 35.7 Å². The lowest BCUT2D eigenvalue weighted by atomic mass is 9.94. The molecule has 1 aliphatic carbocycles. The number of rotatable bonds is 5. The summed E-state index contributed by atoms with van der Waals surface area (Å²) >= 11 is 0. The monoisotopic (exact) mass is 325 g/mol. The largest absolute Gasteiger partial charge is 0.481 e. The molecule has 2 fully saturated rings. The van der Waals surface area contributed by atoms with Crippen LogP contribution in [0.1, 0.15) is 30.7 Å². The minimum Gasteiger partial charge on any atom is -0.481 e. The second kappa shape index (κ2) is 5.88. The summed E-state index contributed by atoms with van der Waals surface area (Å²) in [6.45, 7) is 0.539. The summed E-state index contributed by atoms with van der Waals surface area (Å²) in [6.07, 6.45) is 0.636. The maximum atomic E-state index is 13.8. The maximum absolute atomic E-state index is 13.8. The quantitative estimate of drug-likeness (QED) is 0.866. The van der Waals surface area contributed by atoms with Gasteiger partial charge in [-0.3, -0.25) is 9.59 Å². The van der Waals surface area contributed by atoms with Crippen LogP contribution in [0.2, 0.25) is 0 Å². The van der Waals surface area contributed by atoms with Crippen molar-refractivity contribution in [2.75, 3.05) is 13.2 Å². The van der Waals surface area contributed by atoms with E-state index in [9.17, 15) is 18.4 Å². The standard InChI is InChI=1S/C16H17F2NO4/c17-9-1-2-13(18)11(5-9)10-6-12(10)15(22)19-16(7-14(20)21)3-4-23-8-16/h1-2,5,10,12H,3-4,6-8H2,(H,19,22)(H,20,21). The molecule has 7 heteroatoms. The number of halogens is 2. The summed E-state index contributed by atoms with van der Waals surface area (Å²) in [5, 5.41) is 11.8. The second-order valence-corrected chi connectivity index (χ2v) is 6.26. The third kappa shape index (κ3) is 3.34. The molecule has 1 aromatic carbocycles. The van der Waals surface area contributed by atoms with E-state index < -0.39 is 29.1 Å². The minimum absolute atomic E-state index is 0.150. The Balaban J connectivity index is 1.68. The predicted octanol–water partition coefficient (Wildman–Crippen LogP) is 1.82. The van der Waals surface area contributed by atoms with Crippen molar-refractivity contribution in [3.63, 3.8) is 0 Å². The highest BCUT2D eigenvalue weighted by molar-refractivity contribution is 5.84. The SMILES string of the molecule is O=C(O)CC1(NC(=O)C2CC2c2cc(F)ccc2F)CCOC1. The van der Waals surface area contributed by atoms with E-state index in [0.717, 1.165) is 18.2 Å². The lowest BCUT2D eigenvalue weighted by Gasteiger charge is -2.27. The van der Waals surface area contributed by atoms with Crippen molar-refractivity contribution in [2.45, 2.75) is 30.7 Å². The third-order valence-electron chi connectivity index (χ3n) is 4.47. The Morgan fingerprint density at radius 3 is 2.83 bits per heavy atom. The molecule has 1 saturated carbocycles. The number of aliphatic carboxylic acids is 1. The van der Waals surface area contributed by atoms with Gasteiger partial charge in [-0.25, -0.2) is 8.78 Å². The first-order valence-electron chi connectivity index (χ1n) is 7.47. The van der Waals surface area contributed by atoms with Gasteiger partial charge in [0.25, 0.3) is 0 Å². The molecular weight excluding hydrogens is 308 g/mol. The van der Waals surface area contributed by atoms with Crippen molar-refractivity contribution in [3.05, 3.63) is 35.4 Å². The van der Waals surface area contributed by atoms with Crippen molar-refractivity contribution >= 4 is 11.9 Å². The Morgan fingerprint density at radius 2 is 2.17 bits per heavy atom. The fraction of sp³-hybridized carbons (Fsp3) is 0.500. The van der Waals surface area contributed by atoms with Crippen LogP contribution in [0.5, 0.6) is 0 Å². The maximum Gasteiger partial charge on any atom is 0.305 e. The minimum atomic E-state index is -1.01. The van der Waals surface area contributed by atoms with Gasteiger partial charge in [0.2, 0.25) is 5.91 Å². The van der Waals surface area contributed by atoms with Gasteiger partial charge < -0.3 is 15.2 Å². The molecule has 1 aromatic rings. The zero-order valence-corrected chi connectivity index (χ0v) is 12.4.